The molecule has 9 heteroatoms. The number of rotatable bonds is 8. The number of amides is 1. The molecule has 1 amide bonds. The number of carboxylic acid groups (broad SMARTS) is 2. The predicted octanol–water partition coefficient (Wildman–Crippen LogP) is 0.760. The normalized spacial score (nSPS) is 23.9. The van der Waals surface area contributed by atoms with Gasteiger partial charge in [-0.2, -0.15) is 5.10 Å². The second kappa shape index (κ2) is 8.39. The lowest BCUT2D eigenvalue weighted by molar-refractivity contribution is -0.140. The van der Waals surface area contributed by atoms with Crippen molar-refractivity contribution in [3.63, 3.8) is 0 Å². The highest BCUT2D eigenvalue weighted by Gasteiger charge is 2.39. The van der Waals surface area contributed by atoms with Gasteiger partial charge in [0.25, 0.3) is 5.91 Å². The maximum absolute atomic E-state index is 12.5. The van der Waals surface area contributed by atoms with Crippen molar-refractivity contribution in [1.82, 2.24) is 10.2 Å². The van der Waals surface area contributed by atoms with Crippen LogP contribution in [0.15, 0.2) is 35.4 Å². The average Bonchev–Trinajstić information content (AvgIpc) is 3.09. The van der Waals surface area contributed by atoms with Gasteiger partial charge in [-0.1, -0.05) is 25.1 Å². The van der Waals surface area contributed by atoms with Gasteiger partial charge in [-0.3, -0.25) is 19.5 Å². The molecule has 3 rings (SSSR count). The fourth-order valence-electron chi connectivity index (χ4n) is 3.60. The van der Waals surface area contributed by atoms with E-state index in [2.05, 4.69) is 10.4 Å². The van der Waals surface area contributed by atoms with E-state index in [1.165, 1.54) is 5.01 Å². The summed E-state index contributed by atoms with van der Waals surface area (Å²) in [6, 6.07) is 8.05. The van der Waals surface area contributed by atoms with Gasteiger partial charge in [0.1, 0.15) is 5.71 Å². The fourth-order valence-corrected chi connectivity index (χ4v) is 3.60. The average molecular weight is 388 g/mol. The Morgan fingerprint density at radius 2 is 1.89 bits per heavy atom. The summed E-state index contributed by atoms with van der Waals surface area (Å²) < 4.78 is 0. The molecule has 1 aliphatic heterocycles. The van der Waals surface area contributed by atoms with Gasteiger partial charge in [0.2, 0.25) is 0 Å². The number of hydrogen-bond donors (Lipinski definition) is 3. The Balaban J connectivity index is 1.59. The number of nitrogens with one attached hydrogen (secondary N) is 1. The van der Waals surface area contributed by atoms with Crippen molar-refractivity contribution < 1.29 is 24.6 Å². The van der Waals surface area contributed by atoms with Crippen LogP contribution in [-0.2, 0) is 14.4 Å². The molecule has 28 heavy (non-hydrogen) atoms. The molecule has 1 aliphatic carbocycles. The molecule has 9 nitrogen and oxygen atoms in total. The van der Waals surface area contributed by atoms with Crippen molar-refractivity contribution in [3.8, 4) is 0 Å². The maximum Gasteiger partial charge on any atom is 0.328 e. The van der Waals surface area contributed by atoms with Gasteiger partial charge in [-0.25, -0.2) is 4.79 Å². The van der Waals surface area contributed by atoms with E-state index in [0.717, 1.165) is 0 Å². The number of carbonyl (C=O) groups excluding carboxylic acids is 1. The lowest BCUT2D eigenvalue weighted by atomic mass is 9.85. The number of aliphatic carboxylic acids is 2. The smallest absolute Gasteiger partial charge is 0.328 e. The second-order valence-corrected chi connectivity index (χ2v) is 7.04. The number of carboxylic acids is 2. The number of likely N-dealkylation sites (N-methyl/N-ethyl adjacent to an activating group) is 1. The SMILES string of the molecule is CCN(CC(=O)O)C1CC(NC(=O)C2=NN(c3ccccc3)C(C(=O)O)C2)C1. The molecule has 1 unspecified atom stereocenters. The van der Waals surface area contributed by atoms with Crippen molar-refractivity contribution in [2.75, 3.05) is 18.1 Å². The molecule has 1 aromatic carbocycles. The molecule has 0 radical (unpaired) electrons. The minimum atomic E-state index is -1.04. The van der Waals surface area contributed by atoms with E-state index in [0.29, 0.717) is 25.1 Å². The molecule has 1 saturated carbocycles. The number of nitrogens with zero attached hydrogens (tertiary/aromatic N) is 3. The highest BCUT2D eigenvalue weighted by Crippen LogP contribution is 2.27. The Hall–Kier alpha value is -2.94. The van der Waals surface area contributed by atoms with E-state index >= 15 is 0 Å². The number of hydrogen-bond acceptors (Lipinski definition) is 6. The molecule has 1 fully saturated rings. The second-order valence-electron chi connectivity index (χ2n) is 7.04. The van der Waals surface area contributed by atoms with Gasteiger partial charge in [0.05, 0.1) is 12.2 Å². The van der Waals surface area contributed by atoms with E-state index < -0.39 is 18.0 Å². The van der Waals surface area contributed by atoms with Crippen molar-refractivity contribution in [1.29, 1.82) is 0 Å². The largest absolute Gasteiger partial charge is 0.480 e. The first-order valence-corrected chi connectivity index (χ1v) is 9.30. The zero-order valence-corrected chi connectivity index (χ0v) is 15.6. The molecule has 0 spiro atoms. The third-order valence-electron chi connectivity index (χ3n) is 5.19. The summed E-state index contributed by atoms with van der Waals surface area (Å²) in [4.78, 5) is 36.9. The topological polar surface area (TPSA) is 123 Å². The third kappa shape index (κ3) is 4.30. The highest BCUT2D eigenvalue weighted by molar-refractivity contribution is 6.40. The Bertz CT molecular complexity index is 776. The van der Waals surface area contributed by atoms with Crippen LogP contribution in [0.4, 0.5) is 5.69 Å². The maximum atomic E-state index is 12.5. The lowest BCUT2D eigenvalue weighted by Gasteiger charge is -2.42. The Morgan fingerprint density at radius 1 is 1.21 bits per heavy atom. The molecule has 1 heterocycles. The molecule has 0 aromatic heterocycles. The quantitative estimate of drug-likeness (QED) is 0.601. The molecule has 1 aromatic rings. The summed E-state index contributed by atoms with van der Waals surface area (Å²) in [7, 11) is 0. The van der Waals surface area contributed by atoms with Crippen LogP contribution >= 0.6 is 0 Å². The summed E-state index contributed by atoms with van der Waals surface area (Å²) >= 11 is 0. The zero-order valence-electron chi connectivity index (χ0n) is 15.6. The van der Waals surface area contributed by atoms with Crippen LogP contribution in [0.3, 0.4) is 0 Å². The summed E-state index contributed by atoms with van der Waals surface area (Å²) in [5.41, 5.74) is 0.811. The van der Waals surface area contributed by atoms with Crippen LogP contribution < -0.4 is 10.3 Å². The Labute approximate surface area is 162 Å². The standard InChI is InChI=1S/C19H24N4O5/c1-2-22(11-17(24)25)14-8-12(9-14)20-18(26)15-10-16(19(27)28)23(21-15)13-6-4-3-5-7-13/h3-7,12,14,16H,2,8-11H2,1H3,(H,20,26)(H,24,25)(H,27,28). The van der Waals surface area contributed by atoms with Gasteiger partial charge in [0.15, 0.2) is 6.04 Å². The van der Waals surface area contributed by atoms with Gasteiger partial charge in [-0.05, 0) is 31.5 Å². The lowest BCUT2D eigenvalue weighted by Crippen LogP contribution is -2.55. The summed E-state index contributed by atoms with van der Waals surface area (Å²) in [6.07, 6.45) is 1.38. The number of hydrazone groups is 1. The highest BCUT2D eigenvalue weighted by atomic mass is 16.4. The van der Waals surface area contributed by atoms with Crippen LogP contribution in [0.2, 0.25) is 0 Å². The molecule has 2 aliphatic rings. The molecule has 0 saturated heterocycles. The van der Waals surface area contributed by atoms with Crippen molar-refractivity contribution in [3.05, 3.63) is 30.3 Å². The first kappa shape index (κ1) is 19.8. The first-order chi connectivity index (χ1) is 13.4. The van der Waals surface area contributed by atoms with Gasteiger partial charge < -0.3 is 15.5 Å². The van der Waals surface area contributed by atoms with Gasteiger partial charge in [0, 0.05) is 18.5 Å². The first-order valence-electron chi connectivity index (χ1n) is 9.30. The Morgan fingerprint density at radius 3 is 2.46 bits per heavy atom. The molecule has 150 valence electrons. The van der Waals surface area contributed by atoms with Crippen LogP contribution in [0.25, 0.3) is 0 Å². The van der Waals surface area contributed by atoms with Crippen LogP contribution in [0.5, 0.6) is 0 Å². The van der Waals surface area contributed by atoms with E-state index in [4.69, 9.17) is 5.11 Å². The monoisotopic (exact) mass is 388 g/mol. The third-order valence-corrected chi connectivity index (χ3v) is 5.19. The molecule has 0 bridgehead atoms. The molecular formula is C19H24N4O5. The van der Waals surface area contributed by atoms with Gasteiger partial charge in [-0.15, -0.1) is 0 Å². The number of para-hydroxylation sites is 1. The van der Waals surface area contributed by atoms with E-state index in [9.17, 15) is 19.5 Å². The van der Waals surface area contributed by atoms with E-state index in [-0.39, 0.29) is 36.7 Å². The van der Waals surface area contributed by atoms with Crippen molar-refractivity contribution in [2.24, 2.45) is 5.10 Å². The van der Waals surface area contributed by atoms with Crippen molar-refractivity contribution in [2.45, 2.75) is 44.3 Å². The van der Waals surface area contributed by atoms with Gasteiger partial charge >= 0.3 is 11.9 Å². The molecule has 3 N–H and O–H groups in total. The molecular weight excluding hydrogens is 364 g/mol. The fraction of sp³-hybridized carbons (Fsp3) is 0.474. The number of anilines is 1. The van der Waals surface area contributed by atoms with E-state index in [1.54, 1.807) is 24.3 Å². The van der Waals surface area contributed by atoms with Crippen LogP contribution in [0.1, 0.15) is 26.2 Å². The minimum Gasteiger partial charge on any atom is -0.480 e. The van der Waals surface area contributed by atoms with E-state index in [1.807, 2.05) is 17.9 Å². The van der Waals surface area contributed by atoms with Crippen LogP contribution in [-0.4, -0.2) is 69.9 Å². The molecule has 1 atom stereocenters. The summed E-state index contributed by atoms with van der Waals surface area (Å²) in [5.74, 6) is -2.27. The predicted molar refractivity (Wildman–Crippen MR) is 102 cm³/mol. The summed E-state index contributed by atoms with van der Waals surface area (Å²) in [5, 5.41) is 26.9. The van der Waals surface area contributed by atoms with Crippen molar-refractivity contribution >= 4 is 29.2 Å². The number of carbonyl (C=O) groups is 3. The van der Waals surface area contributed by atoms with Crippen LogP contribution in [0, 0.1) is 0 Å². The Kier molecular flexibility index (Phi) is 5.93. The summed E-state index contributed by atoms with van der Waals surface area (Å²) in [6.45, 7) is 2.53. The number of benzene rings is 1. The minimum absolute atomic E-state index is 0.0130. The zero-order chi connectivity index (χ0) is 20.3.